The summed E-state index contributed by atoms with van der Waals surface area (Å²) in [6.45, 7) is 7.66. The zero-order valence-electron chi connectivity index (χ0n) is 11.7. The van der Waals surface area contributed by atoms with E-state index in [2.05, 4.69) is 18.7 Å². The fourth-order valence-corrected chi connectivity index (χ4v) is 1.96. The molecule has 0 aliphatic rings. The highest BCUT2D eigenvalue weighted by Gasteiger charge is 2.18. The van der Waals surface area contributed by atoms with Crippen LogP contribution in [0.1, 0.15) is 29.8 Å². The summed E-state index contributed by atoms with van der Waals surface area (Å²) in [4.78, 5) is 13.3. The Hall–Kier alpha value is -1.55. The van der Waals surface area contributed by atoms with Gasteiger partial charge in [-0.1, -0.05) is 13.8 Å². The van der Waals surface area contributed by atoms with E-state index in [1.807, 2.05) is 26.1 Å². The summed E-state index contributed by atoms with van der Waals surface area (Å²) in [6, 6.07) is 5.67. The van der Waals surface area contributed by atoms with Gasteiger partial charge in [0.2, 0.25) is 5.91 Å². The van der Waals surface area contributed by atoms with Gasteiger partial charge in [-0.2, -0.15) is 0 Å². The van der Waals surface area contributed by atoms with Crippen molar-refractivity contribution in [1.29, 1.82) is 0 Å². The third-order valence-electron chi connectivity index (χ3n) is 3.13. The average molecular weight is 249 g/mol. The van der Waals surface area contributed by atoms with Crippen LogP contribution in [-0.4, -0.2) is 26.0 Å². The van der Waals surface area contributed by atoms with Crippen LogP contribution in [0.2, 0.25) is 0 Å². The largest absolute Gasteiger partial charge is 0.374 e. The molecule has 4 N–H and O–H groups in total. The highest BCUT2D eigenvalue weighted by Crippen LogP contribution is 2.22. The van der Waals surface area contributed by atoms with Crippen molar-refractivity contribution in [3.05, 3.63) is 29.3 Å². The summed E-state index contributed by atoms with van der Waals surface area (Å²) in [5.41, 5.74) is 13.6. The Kier molecular flexibility index (Phi) is 4.35. The molecular weight excluding hydrogens is 226 g/mol. The smallest absolute Gasteiger partial charge is 0.248 e. The number of aryl methyl sites for hydroxylation is 1. The van der Waals surface area contributed by atoms with Crippen molar-refractivity contribution in [3.63, 3.8) is 0 Å². The second-order valence-electron chi connectivity index (χ2n) is 5.59. The Bertz CT molecular complexity index is 441. The number of amides is 1. The molecule has 0 heterocycles. The molecule has 18 heavy (non-hydrogen) atoms. The van der Waals surface area contributed by atoms with Crippen molar-refractivity contribution in [2.45, 2.75) is 20.8 Å². The molecule has 0 radical (unpaired) electrons. The van der Waals surface area contributed by atoms with Gasteiger partial charge >= 0.3 is 0 Å². The second-order valence-corrected chi connectivity index (χ2v) is 5.59. The molecule has 4 heteroatoms. The summed E-state index contributed by atoms with van der Waals surface area (Å²) >= 11 is 0. The molecule has 1 aromatic carbocycles. The Morgan fingerprint density at radius 1 is 1.39 bits per heavy atom. The van der Waals surface area contributed by atoms with Crippen LogP contribution in [-0.2, 0) is 0 Å². The molecule has 0 atom stereocenters. The fourth-order valence-electron chi connectivity index (χ4n) is 1.96. The zero-order chi connectivity index (χ0) is 13.9. The monoisotopic (exact) mass is 249 g/mol. The number of carbonyl (C=O) groups is 1. The molecule has 0 bridgehead atoms. The molecule has 1 aromatic rings. The lowest BCUT2D eigenvalue weighted by molar-refractivity contribution is 0.0999. The Morgan fingerprint density at radius 3 is 2.44 bits per heavy atom. The molecule has 0 unspecified atom stereocenters. The van der Waals surface area contributed by atoms with Crippen LogP contribution in [0.4, 0.5) is 5.69 Å². The van der Waals surface area contributed by atoms with E-state index in [4.69, 9.17) is 11.5 Å². The zero-order valence-corrected chi connectivity index (χ0v) is 11.7. The summed E-state index contributed by atoms with van der Waals surface area (Å²) in [7, 11) is 2.02. The van der Waals surface area contributed by atoms with E-state index in [0.717, 1.165) is 17.8 Å². The van der Waals surface area contributed by atoms with E-state index in [0.29, 0.717) is 12.1 Å². The predicted molar refractivity (Wildman–Crippen MR) is 75.8 cm³/mol. The van der Waals surface area contributed by atoms with Gasteiger partial charge in [0.15, 0.2) is 0 Å². The number of carbonyl (C=O) groups excluding carboxylic acids is 1. The van der Waals surface area contributed by atoms with Crippen molar-refractivity contribution in [2.24, 2.45) is 16.9 Å². The molecule has 4 nitrogen and oxygen atoms in total. The van der Waals surface area contributed by atoms with Gasteiger partial charge in [0.05, 0.1) is 0 Å². The minimum absolute atomic E-state index is 0.0605. The number of nitrogens with two attached hydrogens (primary N) is 2. The first-order valence-electron chi connectivity index (χ1n) is 6.08. The highest BCUT2D eigenvalue weighted by molar-refractivity contribution is 5.94. The van der Waals surface area contributed by atoms with Crippen LogP contribution < -0.4 is 16.4 Å². The van der Waals surface area contributed by atoms with E-state index in [1.165, 1.54) is 0 Å². The summed E-state index contributed by atoms with van der Waals surface area (Å²) in [5.74, 6) is -0.385. The number of anilines is 1. The van der Waals surface area contributed by atoms with E-state index in [1.54, 1.807) is 6.07 Å². The SMILES string of the molecule is Cc1cc(N(C)CC(C)(C)CN)ccc1C(N)=O. The predicted octanol–water partition coefficient (Wildman–Crippen LogP) is 1.52. The normalized spacial score (nSPS) is 11.4. The average Bonchev–Trinajstić information content (AvgIpc) is 2.27. The highest BCUT2D eigenvalue weighted by atomic mass is 16.1. The van der Waals surface area contributed by atoms with Gasteiger partial charge in [-0.05, 0) is 42.6 Å². The third-order valence-corrected chi connectivity index (χ3v) is 3.13. The molecule has 100 valence electrons. The number of hydrogen-bond donors (Lipinski definition) is 2. The van der Waals surface area contributed by atoms with E-state index < -0.39 is 0 Å². The van der Waals surface area contributed by atoms with Gasteiger partial charge in [-0.3, -0.25) is 4.79 Å². The van der Waals surface area contributed by atoms with E-state index in [9.17, 15) is 4.79 Å². The summed E-state index contributed by atoms with van der Waals surface area (Å²) in [6.07, 6.45) is 0. The van der Waals surface area contributed by atoms with Gasteiger partial charge in [0.25, 0.3) is 0 Å². The van der Waals surface area contributed by atoms with Crippen LogP contribution in [0.5, 0.6) is 0 Å². The quantitative estimate of drug-likeness (QED) is 0.831. The molecule has 0 aromatic heterocycles. The van der Waals surface area contributed by atoms with Crippen LogP contribution in [0.3, 0.4) is 0 Å². The molecule has 0 saturated heterocycles. The molecule has 0 aliphatic heterocycles. The Labute approximate surface area is 109 Å². The third kappa shape index (κ3) is 3.47. The fraction of sp³-hybridized carbons (Fsp3) is 0.500. The molecular formula is C14H23N3O. The van der Waals surface area contributed by atoms with Crippen LogP contribution >= 0.6 is 0 Å². The lowest BCUT2D eigenvalue weighted by Gasteiger charge is -2.30. The van der Waals surface area contributed by atoms with Crippen LogP contribution in [0.25, 0.3) is 0 Å². The Balaban J connectivity index is 2.91. The Morgan fingerprint density at radius 2 is 2.00 bits per heavy atom. The first-order chi connectivity index (χ1) is 8.26. The van der Waals surface area contributed by atoms with Gasteiger partial charge in [0, 0.05) is 24.8 Å². The number of nitrogens with zero attached hydrogens (tertiary/aromatic N) is 1. The van der Waals surface area contributed by atoms with Gasteiger partial charge in [-0.25, -0.2) is 0 Å². The standard InChI is InChI=1S/C14H23N3O/c1-10-7-11(5-6-12(10)13(16)18)17(4)9-14(2,3)8-15/h5-7H,8-9,15H2,1-4H3,(H2,16,18). The first-order valence-corrected chi connectivity index (χ1v) is 6.08. The van der Waals surface area contributed by atoms with Crippen molar-refractivity contribution in [2.75, 3.05) is 25.0 Å². The van der Waals surface area contributed by atoms with E-state index >= 15 is 0 Å². The molecule has 0 fully saturated rings. The lowest BCUT2D eigenvalue weighted by Crippen LogP contribution is -2.36. The summed E-state index contributed by atoms with van der Waals surface area (Å²) in [5, 5.41) is 0. The maximum absolute atomic E-state index is 11.2. The second kappa shape index (κ2) is 5.40. The number of hydrogen-bond acceptors (Lipinski definition) is 3. The van der Waals surface area contributed by atoms with Gasteiger partial charge < -0.3 is 16.4 Å². The minimum Gasteiger partial charge on any atom is -0.374 e. The number of rotatable bonds is 5. The molecule has 1 amide bonds. The van der Waals surface area contributed by atoms with Gasteiger partial charge in [0.1, 0.15) is 0 Å². The number of primary amides is 1. The maximum Gasteiger partial charge on any atom is 0.248 e. The number of benzene rings is 1. The van der Waals surface area contributed by atoms with Crippen molar-refractivity contribution in [3.8, 4) is 0 Å². The van der Waals surface area contributed by atoms with Crippen LogP contribution in [0.15, 0.2) is 18.2 Å². The summed E-state index contributed by atoms with van der Waals surface area (Å²) < 4.78 is 0. The molecule has 0 saturated carbocycles. The van der Waals surface area contributed by atoms with Crippen molar-refractivity contribution < 1.29 is 4.79 Å². The first kappa shape index (κ1) is 14.5. The van der Waals surface area contributed by atoms with Crippen LogP contribution in [0, 0.1) is 12.3 Å². The van der Waals surface area contributed by atoms with Gasteiger partial charge in [-0.15, -0.1) is 0 Å². The maximum atomic E-state index is 11.2. The minimum atomic E-state index is -0.385. The topological polar surface area (TPSA) is 72.3 Å². The lowest BCUT2D eigenvalue weighted by atomic mass is 9.93. The van der Waals surface area contributed by atoms with E-state index in [-0.39, 0.29) is 11.3 Å². The van der Waals surface area contributed by atoms with Crippen molar-refractivity contribution >= 4 is 11.6 Å². The van der Waals surface area contributed by atoms with Crippen molar-refractivity contribution in [1.82, 2.24) is 0 Å². The molecule has 0 aliphatic carbocycles. The molecule has 0 spiro atoms. The molecule has 1 rings (SSSR count).